The highest BCUT2D eigenvalue weighted by atomic mass is 79.9. The van der Waals surface area contributed by atoms with Crippen LogP contribution < -0.4 is 0 Å². The molecule has 1 amide bonds. The van der Waals surface area contributed by atoms with Gasteiger partial charge >= 0.3 is 0 Å². The molecule has 0 spiro atoms. The molecule has 0 fully saturated rings. The molecule has 56 valence electrons. The maximum atomic E-state index is 10.6. The highest BCUT2D eigenvalue weighted by Crippen LogP contribution is 1.80. The SMILES string of the molecule is CC(=O)N(C)CC#CCBr. The molecular weight excluding hydrogens is 194 g/mol. The summed E-state index contributed by atoms with van der Waals surface area (Å²) in [5.74, 6) is 5.68. The zero-order chi connectivity index (χ0) is 7.98. The molecule has 0 aliphatic carbocycles. The third-order valence-corrected chi connectivity index (χ3v) is 1.33. The molecule has 0 bridgehead atoms. The summed E-state index contributed by atoms with van der Waals surface area (Å²) in [6, 6.07) is 0. The fourth-order valence-electron chi connectivity index (χ4n) is 0.333. The molecule has 0 aliphatic rings. The molecule has 0 rings (SSSR count). The van der Waals surface area contributed by atoms with Crippen molar-refractivity contribution in [3.05, 3.63) is 0 Å². The topological polar surface area (TPSA) is 20.3 Å². The summed E-state index contributed by atoms with van der Waals surface area (Å²) in [6.07, 6.45) is 0. The van der Waals surface area contributed by atoms with Crippen LogP contribution in [0.3, 0.4) is 0 Å². The van der Waals surface area contributed by atoms with Crippen LogP contribution in [-0.4, -0.2) is 29.7 Å². The van der Waals surface area contributed by atoms with Crippen LogP contribution in [-0.2, 0) is 4.79 Å². The van der Waals surface area contributed by atoms with Gasteiger partial charge in [0.05, 0.1) is 11.9 Å². The third-order valence-electron chi connectivity index (χ3n) is 1.05. The second-order valence-electron chi connectivity index (χ2n) is 1.86. The molecule has 0 unspecified atom stereocenters. The van der Waals surface area contributed by atoms with Gasteiger partial charge in [0.25, 0.3) is 0 Å². The van der Waals surface area contributed by atoms with Crippen LogP contribution in [0.1, 0.15) is 6.92 Å². The summed E-state index contributed by atoms with van der Waals surface area (Å²) in [5, 5.41) is 0.665. The second-order valence-corrected chi connectivity index (χ2v) is 2.42. The smallest absolute Gasteiger partial charge is 0.219 e. The van der Waals surface area contributed by atoms with Crippen molar-refractivity contribution < 1.29 is 4.79 Å². The number of alkyl halides is 1. The molecule has 10 heavy (non-hydrogen) atoms. The lowest BCUT2D eigenvalue weighted by atomic mass is 10.5. The van der Waals surface area contributed by atoms with Crippen LogP contribution in [0.2, 0.25) is 0 Å². The number of carbonyl (C=O) groups is 1. The number of amides is 1. The molecule has 3 heteroatoms. The minimum atomic E-state index is 0.0453. The molecule has 0 saturated carbocycles. The Hall–Kier alpha value is -0.490. The fraction of sp³-hybridized carbons (Fsp3) is 0.571. The second kappa shape index (κ2) is 5.31. The Balaban J connectivity index is 3.58. The first kappa shape index (κ1) is 9.51. The molecule has 0 N–H and O–H groups in total. The van der Waals surface area contributed by atoms with Crippen LogP contribution >= 0.6 is 15.9 Å². The first-order valence-corrected chi connectivity index (χ1v) is 4.04. The number of carbonyl (C=O) groups excluding carboxylic acids is 1. The number of hydrogen-bond donors (Lipinski definition) is 0. The van der Waals surface area contributed by atoms with Crippen LogP contribution in [0.4, 0.5) is 0 Å². The summed E-state index contributed by atoms with van der Waals surface area (Å²) in [4.78, 5) is 12.1. The van der Waals surface area contributed by atoms with Crippen LogP contribution in [0, 0.1) is 11.8 Å². The predicted octanol–water partition coefficient (Wildman–Crippen LogP) is 0.863. The Bertz CT molecular complexity index is 168. The summed E-state index contributed by atoms with van der Waals surface area (Å²) >= 11 is 3.16. The lowest BCUT2D eigenvalue weighted by Crippen LogP contribution is -2.23. The largest absolute Gasteiger partial charge is 0.335 e. The Labute approximate surface area is 69.7 Å². The first-order valence-electron chi connectivity index (χ1n) is 2.92. The van der Waals surface area contributed by atoms with Gasteiger partial charge in [-0.2, -0.15) is 0 Å². The number of rotatable bonds is 1. The van der Waals surface area contributed by atoms with E-state index in [9.17, 15) is 4.79 Å². The average Bonchev–Trinajstić information content (AvgIpc) is 1.88. The van der Waals surface area contributed by atoms with Gasteiger partial charge in [0.2, 0.25) is 5.91 Å². The maximum absolute atomic E-state index is 10.6. The van der Waals surface area contributed by atoms with Crippen molar-refractivity contribution in [2.45, 2.75) is 6.92 Å². The molecule has 0 aromatic heterocycles. The van der Waals surface area contributed by atoms with E-state index in [0.717, 1.165) is 0 Å². The lowest BCUT2D eigenvalue weighted by Gasteiger charge is -2.08. The van der Waals surface area contributed by atoms with E-state index < -0.39 is 0 Å². The Morgan fingerprint density at radius 1 is 1.60 bits per heavy atom. The Kier molecular flexibility index (Phi) is 5.05. The summed E-state index contributed by atoms with van der Waals surface area (Å²) in [6.45, 7) is 2.04. The molecule has 2 nitrogen and oxygen atoms in total. The zero-order valence-corrected chi connectivity index (χ0v) is 7.73. The van der Waals surface area contributed by atoms with E-state index in [1.807, 2.05) is 0 Å². The van der Waals surface area contributed by atoms with Crippen LogP contribution in [0.15, 0.2) is 0 Å². The number of halogens is 1. The third kappa shape index (κ3) is 4.39. The van der Waals surface area contributed by atoms with Gasteiger partial charge < -0.3 is 4.90 Å². The minimum absolute atomic E-state index is 0.0453. The van der Waals surface area contributed by atoms with Crippen molar-refractivity contribution in [3.8, 4) is 11.8 Å². The van der Waals surface area contributed by atoms with Crippen LogP contribution in [0.5, 0.6) is 0 Å². The summed E-state index contributed by atoms with van der Waals surface area (Å²) in [5.41, 5.74) is 0. The molecule has 0 heterocycles. The maximum Gasteiger partial charge on any atom is 0.219 e. The normalized spacial score (nSPS) is 7.90. The summed E-state index contributed by atoms with van der Waals surface area (Å²) in [7, 11) is 1.73. The minimum Gasteiger partial charge on any atom is -0.335 e. The standard InChI is InChI=1S/C7H10BrNO/c1-7(10)9(2)6-4-3-5-8/h5-6H2,1-2H3. The van der Waals surface area contributed by atoms with Gasteiger partial charge in [-0.05, 0) is 0 Å². The quantitative estimate of drug-likeness (QED) is 0.458. The van der Waals surface area contributed by atoms with Crippen LogP contribution in [0.25, 0.3) is 0 Å². The molecule has 0 aromatic carbocycles. The Morgan fingerprint density at radius 3 is 2.60 bits per heavy atom. The molecule has 0 saturated heterocycles. The predicted molar refractivity (Wildman–Crippen MR) is 44.9 cm³/mol. The van der Waals surface area contributed by atoms with Gasteiger partial charge in [-0.3, -0.25) is 4.79 Å². The van der Waals surface area contributed by atoms with Crippen molar-refractivity contribution in [1.82, 2.24) is 4.90 Å². The van der Waals surface area contributed by atoms with Gasteiger partial charge in [0, 0.05) is 14.0 Å². The van der Waals surface area contributed by atoms with E-state index in [-0.39, 0.29) is 5.91 Å². The van der Waals surface area contributed by atoms with Crippen molar-refractivity contribution in [1.29, 1.82) is 0 Å². The average molecular weight is 204 g/mol. The van der Waals surface area contributed by atoms with Crippen molar-refractivity contribution >= 4 is 21.8 Å². The molecule has 0 atom stereocenters. The van der Waals surface area contributed by atoms with Gasteiger partial charge in [-0.1, -0.05) is 27.8 Å². The van der Waals surface area contributed by atoms with E-state index >= 15 is 0 Å². The monoisotopic (exact) mass is 203 g/mol. The van der Waals surface area contributed by atoms with E-state index in [0.29, 0.717) is 11.9 Å². The fourth-order valence-corrected chi connectivity index (χ4v) is 0.531. The zero-order valence-electron chi connectivity index (χ0n) is 6.15. The van der Waals surface area contributed by atoms with Gasteiger partial charge in [-0.15, -0.1) is 0 Å². The Morgan fingerprint density at radius 2 is 2.20 bits per heavy atom. The van der Waals surface area contributed by atoms with E-state index in [1.165, 1.54) is 6.92 Å². The first-order chi connectivity index (χ1) is 4.68. The molecular formula is C7H10BrNO. The highest BCUT2D eigenvalue weighted by molar-refractivity contribution is 9.09. The summed E-state index contributed by atoms with van der Waals surface area (Å²) < 4.78 is 0. The molecule has 0 radical (unpaired) electrons. The van der Waals surface area contributed by atoms with Gasteiger partial charge in [0.1, 0.15) is 0 Å². The van der Waals surface area contributed by atoms with Crippen molar-refractivity contribution in [2.75, 3.05) is 18.9 Å². The lowest BCUT2D eigenvalue weighted by molar-refractivity contribution is -0.126. The van der Waals surface area contributed by atoms with Crippen molar-refractivity contribution in [3.63, 3.8) is 0 Å². The van der Waals surface area contributed by atoms with Crippen molar-refractivity contribution in [2.24, 2.45) is 0 Å². The number of nitrogens with zero attached hydrogens (tertiary/aromatic N) is 1. The molecule has 0 aliphatic heterocycles. The number of hydrogen-bond acceptors (Lipinski definition) is 1. The molecule has 0 aromatic rings. The highest BCUT2D eigenvalue weighted by Gasteiger charge is 1.96. The van der Waals surface area contributed by atoms with E-state index in [2.05, 4.69) is 27.8 Å². The van der Waals surface area contributed by atoms with Gasteiger partial charge in [0.15, 0.2) is 0 Å². The van der Waals surface area contributed by atoms with E-state index in [4.69, 9.17) is 0 Å². The van der Waals surface area contributed by atoms with Gasteiger partial charge in [-0.25, -0.2) is 0 Å². The van der Waals surface area contributed by atoms with E-state index in [1.54, 1.807) is 11.9 Å².